The van der Waals surface area contributed by atoms with Crippen molar-refractivity contribution in [3.05, 3.63) is 73.6 Å². The maximum atomic E-state index is 12.3. The lowest BCUT2D eigenvalue weighted by molar-refractivity contribution is -0.384. The van der Waals surface area contributed by atoms with Gasteiger partial charge in [0.25, 0.3) is 5.69 Å². The molecular formula is C22H20N4O5S. The van der Waals surface area contributed by atoms with Crippen LogP contribution in [0.4, 0.5) is 10.8 Å². The van der Waals surface area contributed by atoms with Gasteiger partial charge in [-0.2, -0.15) is 0 Å². The molecule has 10 heteroatoms. The van der Waals surface area contributed by atoms with Gasteiger partial charge in [0.05, 0.1) is 22.2 Å². The summed E-state index contributed by atoms with van der Waals surface area (Å²) >= 11 is 1.35. The molecule has 0 radical (unpaired) electrons. The predicted octanol–water partition coefficient (Wildman–Crippen LogP) is 4.66. The van der Waals surface area contributed by atoms with Gasteiger partial charge in [-0.3, -0.25) is 19.5 Å². The van der Waals surface area contributed by atoms with Crippen LogP contribution >= 0.6 is 11.3 Å². The summed E-state index contributed by atoms with van der Waals surface area (Å²) in [5, 5.41) is 16.1. The van der Waals surface area contributed by atoms with Gasteiger partial charge in [0.1, 0.15) is 0 Å². The van der Waals surface area contributed by atoms with E-state index >= 15 is 0 Å². The Kier molecular flexibility index (Phi) is 5.87. The summed E-state index contributed by atoms with van der Waals surface area (Å²) in [4.78, 5) is 39.2. The van der Waals surface area contributed by atoms with Crippen LogP contribution in [-0.2, 0) is 11.3 Å². The zero-order chi connectivity index (χ0) is 22.8. The van der Waals surface area contributed by atoms with E-state index < -0.39 is 10.7 Å². The molecule has 0 unspecified atom stereocenters. The van der Waals surface area contributed by atoms with Gasteiger partial charge in [0.2, 0.25) is 5.91 Å². The highest BCUT2D eigenvalue weighted by atomic mass is 32.1. The number of nitro benzene ring substituents is 1. The maximum Gasteiger partial charge on any atom is 0.419 e. The van der Waals surface area contributed by atoms with E-state index in [1.807, 2.05) is 24.4 Å². The van der Waals surface area contributed by atoms with Crippen LogP contribution in [0.25, 0.3) is 22.4 Å². The van der Waals surface area contributed by atoms with Gasteiger partial charge in [-0.1, -0.05) is 12.1 Å². The number of benzene rings is 2. The molecule has 0 saturated heterocycles. The molecule has 0 spiro atoms. The normalized spacial score (nSPS) is 11.1. The van der Waals surface area contributed by atoms with Crippen LogP contribution in [-0.4, -0.2) is 20.4 Å². The molecule has 1 amide bonds. The number of nitro groups is 1. The van der Waals surface area contributed by atoms with Gasteiger partial charge in [0.15, 0.2) is 10.7 Å². The summed E-state index contributed by atoms with van der Waals surface area (Å²) in [6, 6.07) is 10.1. The lowest BCUT2D eigenvalue weighted by Gasteiger charge is -2.04. The number of rotatable bonds is 7. The molecule has 0 fully saturated rings. The summed E-state index contributed by atoms with van der Waals surface area (Å²) in [5.41, 5.74) is 4.64. The number of carbonyl (C=O) groups excluding carboxylic acids is 1. The number of hydrogen-bond acceptors (Lipinski definition) is 7. The van der Waals surface area contributed by atoms with Gasteiger partial charge >= 0.3 is 5.76 Å². The Bertz CT molecular complexity index is 1380. The van der Waals surface area contributed by atoms with Crippen LogP contribution in [0.5, 0.6) is 0 Å². The molecule has 32 heavy (non-hydrogen) atoms. The Balaban J connectivity index is 1.36. The minimum atomic E-state index is -0.612. The molecule has 164 valence electrons. The SMILES string of the molecule is Cc1ccc(-c2csc(NC(=O)CCCn3c(=O)oc4cc([N+](=O)[O-])ccc43)n2)cc1C. The fraction of sp³-hybridized carbons (Fsp3) is 0.227. The van der Waals surface area contributed by atoms with Crippen LogP contribution in [0.1, 0.15) is 24.0 Å². The van der Waals surface area contributed by atoms with Crippen LogP contribution in [0.15, 0.2) is 51.0 Å². The number of hydrogen-bond donors (Lipinski definition) is 1. The quantitative estimate of drug-likeness (QED) is 0.322. The number of aryl methyl sites for hydroxylation is 3. The number of fused-ring (bicyclic) bond motifs is 1. The zero-order valence-corrected chi connectivity index (χ0v) is 18.3. The maximum absolute atomic E-state index is 12.3. The first-order valence-corrected chi connectivity index (χ1v) is 10.8. The summed E-state index contributed by atoms with van der Waals surface area (Å²) in [6.45, 7) is 4.35. The first kappa shape index (κ1) is 21.4. The predicted molar refractivity (Wildman–Crippen MR) is 122 cm³/mol. The third-order valence-corrected chi connectivity index (χ3v) is 5.96. The molecule has 0 aliphatic rings. The number of anilines is 1. The lowest BCUT2D eigenvalue weighted by Crippen LogP contribution is -2.17. The Labute approximate surface area is 186 Å². The Morgan fingerprint density at radius 3 is 2.78 bits per heavy atom. The van der Waals surface area contributed by atoms with E-state index in [0.717, 1.165) is 11.3 Å². The van der Waals surface area contributed by atoms with E-state index in [-0.39, 0.29) is 30.1 Å². The minimum absolute atomic E-state index is 0.148. The second-order valence-corrected chi connectivity index (χ2v) is 8.28. The zero-order valence-electron chi connectivity index (χ0n) is 17.5. The van der Waals surface area contributed by atoms with Gasteiger partial charge in [-0.05, 0) is 43.5 Å². The summed E-state index contributed by atoms with van der Waals surface area (Å²) in [7, 11) is 0. The standard InChI is InChI=1S/C22H20N4O5S/c1-13-5-6-15(10-14(13)2)17-12-32-21(23-17)24-20(27)4-3-9-25-18-8-7-16(26(29)30)11-19(18)31-22(25)28/h5-8,10-12H,3-4,9H2,1-2H3,(H,23,24,27). The van der Waals surface area contributed by atoms with Gasteiger partial charge in [-0.25, -0.2) is 9.78 Å². The van der Waals surface area contributed by atoms with Crippen molar-refractivity contribution in [2.75, 3.05) is 5.32 Å². The number of nitrogens with zero attached hydrogens (tertiary/aromatic N) is 3. The van der Waals surface area contributed by atoms with Crippen LogP contribution in [0.3, 0.4) is 0 Å². The molecule has 0 saturated carbocycles. The first-order chi connectivity index (χ1) is 15.3. The van der Waals surface area contributed by atoms with Crippen molar-refractivity contribution in [1.82, 2.24) is 9.55 Å². The second-order valence-electron chi connectivity index (χ2n) is 7.42. The Morgan fingerprint density at radius 2 is 2.03 bits per heavy atom. The fourth-order valence-electron chi connectivity index (χ4n) is 3.32. The number of oxazole rings is 1. The highest BCUT2D eigenvalue weighted by molar-refractivity contribution is 7.14. The number of aromatic nitrogens is 2. The smallest absolute Gasteiger partial charge is 0.407 e. The van der Waals surface area contributed by atoms with Crippen molar-refractivity contribution >= 4 is 39.2 Å². The third kappa shape index (κ3) is 4.45. The molecule has 1 N–H and O–H groups in total. The number of nitrogens with one attached hydrogen (secondary N) is 1. The first-order valence-electron chi connectivity index (χ1n) is 9.92. The van der Waals surface area contributed by atoms with E-state index in [9.17, 15) is 19.7 Å². The topological polar surface area (TPSA) is 120 Å². The van der Waals surface area contributed by atoms with Crippen molar-refractivity contribution in [1.29, 1.82) is 0 Å². The van der Waals surface area contributed by atoms with Crippen LogP contribution < -0.4 is 11.1 Å². The molecular weight excluding hydrogens is 432 g/mol. The second kappa shape index (κ2) is 8.75. The number of non-ortho nitro benzene ring substituents is 1. The Hall–Kier alpha value is -3.79. The van der Waals surface area contributed by atoms with Crippen molar-refractivity contribution in [3.63, 3.8) is 0 Å². The molecule has 4 rings (SSSR count). The highest BCUT2D eigenvalue weighted by Crippen LogP contribution is 2.26. The van der Waals surface area contributed by atoms with Gasteiger partial charge in [0, 0.05) is 30.0 Å². The molecule has 2 heterocycles. The third-order valence-electron chi connectivity index (χ3n) is 5.20. The highest BCUT2D eigenvalue weighted by Gasteiger charge is 2.15. The van der Waals surface area contributed by atoms with E-state index in [2.05, 4.69) is 23.3 Å². The van der Waals surface area contributed by atoms with E-state index in [1.54, 1.807) is 0 Å². The molecule has 2 aromatic heterocycles. The molecule has 0 aliphatic heterocycles. The van der Waals surface area contributed by atoms with Crippen LogP contribution in [0, 0.1) is 24.0 Å². The number of thiazole rings is 1. The summed E-state index contributed by atoms with van der Waals surface area (Å²) in [5.74, 6) is -0.818. The molecule has 4 aromatic rings. The van der Waals surface area contributed by atoms with E-state index in [0.29, 0.717) is 17.1 Å². The Morgan fingerprint density at radius 1 is 1.22 bits per heavy atom. The van der Waals surface area contributed by atoms with Crippen molar-refractivity contribution < 1.29 is 14.1 Å². The monoisotopic (exact) mass is 452 g/mol. The molecule has 2 aromatic carbocycles. The largest absolute Gasteiger partial charge is 0.419 e. The van der Waals surface area contributed by atoms with Crippen molar-refractivity contribution in [2.45, 2.75) is 33.2 Å². The number of amides is 1. The van der Waals surface area contributed by atoms with E-state index in [1.165, 1.54) is 45.2 Å². The molecule has 0 atom stereocenters. The summed E-state index contributed by atoms with van der Waals surface area (Å²) < 4.78 is 6.47. The van der Waals surface area contributed by atoms with Gasteiger partial charge in [-0.15, -0.1) is 11.3 Å². The minimum Gasteiger partial charge on any atom is -0.407 e. The van der Waals surface area contributed by atoms with E-state index in [4.69, 9.17) is 4.42 Å². The molecule has 0 aliphatic carbocycles. The van der Waals surface area contributed by atoms with Crippen LogP contribution in [0.2, 0.25) is 0 Å². The van der Waals surface area contributed by atoms with Crippen molar-refractivity contribution in [3.8, 4) is 11.3 Å². The molecule has 0 bridgehead atoms. The summed E-state index contributed by atoms with van der Waals surface area (Å²) in [6.07, 6.45) is 0.581. The fourth-order valence-corrected chi connectivity index (χ4v) is 4.06. The molecule has 9 nitrogen and oxygen atoms in total. The van der Waals surface area contributed by atoms with Crippen molar-refractivity contribution in [2.24, 2.45) is 0 Å². The average molecular weight is 452 g/mol. The van der Waals surface area contributed by atoms with Gasteiger partial charge < -0.3 is 9.73 Å². The lowest BCUT2D eigenvalue weighted by atomic mass is 10.1. The average Bonchev–Trinajstić information content (AvgIpc) is 3.33. The number of carbonyl (C=O) groups is 1.